The molecule has 2 N–H and O–H groups in total. The Kier molecular flexibility index (Phi) is 4.91. The lowest BCUT2D eigenvalue weighted by Gasteiger charge is -2.23. The van der Waals surface area contributed by atoms with Crippen LogP contribution in [-0.4, -0.2) is 31.5 Å². The minimum absolute atomic E-state index is 0.126. The van der Waals surface area contributed by atoms with Crippen LogP contribution in [0.4, 0.5) is 5.69 Å². The predicted molar refractivity (Wildman–Crippen MR) is 76.0 cm³/mol. The quantitative estimate of drug-likeness (QED) is 0.822. The molecular weight excluding hydrogens is 242 g/mol. The molecule has 2 rings (SSSR count). The lowest BCUT2D eigenvalue weighted by atomic mass is 10.1. The first-order valence-corrected chi connectivity index (χ1v) is 6.91. The summed E-state index contributed by atoms with van der Waals surface area (Å²) in [5.74, 6) is 1.42. The minimum atomic E-state index is -0.268. The highest BCUT2D eigenvalue weighted by Crippen LogP contribution is 2.31. The van der Waals surface area contributed by atoms with E-state index in [4.69, 9.17) is 9.47 Å². The highest BCUT2D eigenvalue weighted by molar-refractivity contribution is 5.55. The summed E-state index contributed by atoms with van der Waals surface area (Å²) in [5, 5.41) is 13.5. The minimum Gasteiger partial charge on any atom is -0.493 e. The zero-order valence-electron chi connectivity index (χ0n) is 11.7. The van der Waals surface area contributed by atoms with Gasteiger partial charge in [-0.2, -0.15) is 0 Å². The SMILES string of the molecule is COc1ccc(NC2CCCCCC2O)cc1OC. The van der Waals surface area contributed by atoms with Crippen molar-refractivity contribution in [1.82, 2.24) is 0 Å². The lowest BCUT2D eigenvalue weighted by Crippen LogP contribution is -2.32. The number of methoxy groups -OCH3 is 2. The van der Waals surface area contributed by atoms with E-state index in [2.05, 4.69) is 5.32 Å². The van der Waals surface area contributed by atoms with E-state index < -0.39 is 0 Å². The molecule has 106 valence electrons. The van der Waals surface area contributed by atoms with Crippen LogP contribution < -0.4 is 14.8 Å². The van der Waals surface area contributed by atoms with Crippen LogP contribution in [0.15, 0.2) is 18.2 Å². The first-order chi connectivity index (χ1) is 9.24. The molecule has 0 aromatic heterocycles. The summed E-state index contributed by atoms with van der Waals surface area (Å²) >= 11 is 0. The van der Waals surface area contributed by atoms with Gasteiger partial charge in [-0.1, -0.05) is 19.3 Å². The van der Waals surface area contributed by atoms with Crippen molar-refractivity contribution < 1.29 is 14.6 Å². The van der Waals surface area contributed by atoms with Crippen molar-refractivity contribution in [2.45, 2.75) is 44.2 Å². The molecule has 1 aromatic carbocycles. The number of rotatable bonds is 4. The van der Waals surface area contributed by atoms with Crippen molar-refractivity contribution in [2.24, 2.45) is 0 Å². The molecule has 4 heteroatoms. The average molecular weight is 265 g/mol. The van der Waals surface area contributed by atoms with Crippen LogP contribution in [0.2, 0.25) is 0 Å². The van der Waals surface area contributed by atoms with Crippen molar-refractivity contribution >= 4 is 5.69 Å². The molecule has 0 aliphatic heterocycles. The Hall–Kier alpha value is -1.42. The van der Waals surface area contributed by atoms with Crippen LogP contribution in [0, 0.1) is 0 Å². The molecule has 0 bridgehead atoms. The largest absolute Gasteiger partial charge is 0.493 e. The Bertz CT molecular complexity index is 408. The molecule has 0 saturated heterocycles. The lowest BCUT2D eigenvalue weighted by molar-refractivity contribution is 0.144. The van der Waals surface area contributed by atoms with Crippen molar-refractivity contribution in [1.29, 1.82) is 0 Å². The number of benzene rings is 1. The van der Waals surface area contributed by atoms with Crippen LogP contribution in [-0.2, 0) is 0 Å². The summed E-state index contributed by atoms with van der Waals surface area (Å²) in [6, 6.07) is 5.88. The van der Waals surface area contributed by atoms with E-state index in [1.165, 1.54) is 12.8 Å². The second kappa shape index (κ2) is 6.66. The van der Waals surface area contributed by atoms with Gasteiger partial charge in [0.05, 0.1) is 26.4 Å². The number of aliphatic hydroxyl groups excluding tert-OH is 1. The molecule has 0 radical (unpaired) electrons. The zero-order chi connectivity index (χ0) is 13.7. The van der Waals surface area contributed by atoms with Crippen LogP contribution in [0.5, 0.6) is 11.5 Å². The fourth-order valence-corrected chi connectivity index (χ4v) is 2.60. The van der Waals surface area contributed by atoms with Gasteiger partial charge in [-0.05, 0) is 25.0 Å². The third kappa shape index (κ3) is 3.53. The summed E-state index contributed by atoms with van der Waals surface area (Å²) in [5.41, 5.74) is 0.962. The maximum atomic E-state index is 10.1. The Morgan fingerprint density at radius 1 is 1.05 bits per heavy atom. The second-order valence-electron chi connectivity index (χ2n) is 5.03. The van der Waals surface area contributed by atoms with Gasteiger partial charge in [0.2, 0.25) is 0 Å². The first-order valence-electron chi connectivity index (χ1n) is 6.91. The highest BCUT2D eigenvalue weighted by Gasteiger charge is 2.21. The molecule has 0 spiro atoms. The number of hydrogen-bond acceptors (Lipinski definition) is 4. The van der Waals surface area contributed by atoms with Crippen LogP contribution in [0.25, 0.3) is 0 Å². The monoisotopic (exact) mass is 265 g/mol. The van der Waals surface area contributed by atoms with Crippen LogP contribution in [0.3, 0.4) is 0 Å². The number of ether oxygens (including phenoxy) is 2. The third-order valence-electron chi connectivity index (χ3n) is 3.72. The number of hydrogen-bond donors (Lipinski definition) is 2. The van der Waals surface area contributed by atoms with E-state index in [0.29, 0.717) is 5.75 Å². The fraction of sp³-hybridized carbons (Fsp3) is 0.600. The van der Waals surface area contributed by atoms with Gasteiger partial charge in [0.15, 0.2) is 11.5 Å². The molecule has 1 fully saturated rings. The van der Waals surface area contributed by atoms with Crippen molar-refractivity contribution in [3.63, 3.8) is 0 Å². The van der Waals surface area contributed by atoms with Crippen LogP contribution >= 0.6 is 0 Å². The van der Waals surface area contributed by atoms with Gasteiger partial charge in [0, 0.05) is 11.8 Å². The second-order valence-corrected chi connectivity index (χ2v) is 5.03. The van der Waals surface area contributed by atoms with Gasteiger partial charge in [0.25, 0.3) is 0 Å². The topological polar surface area (TPSA) is 50.7 Å². The Balaban J connectivity index is 2.09. The summed E-state index contributed by atoms with van der Waals surface area (Å²) in [6.07, 6.45) is 5.12. The molecule has 1 aromatic rings. The molecular formula is C15H23NO3. The summed E-state index contributed by atoms with van der Waals surface area (Å²) in [6.45, 7) is 0. The summed E-state index contributed by atoms with van der Waals surface area (Å²) in [4.78, 5) is 0. The molecule has 0 heterocycles. The highest BCUT2D eigenvalue weighted by atomic mass is 16.5. The van der Waals surface area contributed by atoms with E-state index >= 15 is 0 Å². The van der Waals surface area contributed by atoms with Crippen molar-refractivity contribution in [2.75, 3.05) is 19.5 Å². The van der Waals surface area contributed by atoms with Gasteiger partial charge in [0.1, 0.15) is 0 Å². The summed E-state index contributed by atoms with van der Waals surface area (Å²) in [7, 11) is 3.25. The van der Waals surface area contributed by atoms with E-state index in [9.17, 15) is 5.11 Å². The van der Waals surface area contributed by atoms with E-state index in [-0.39, 0.29) is 12.1 Å². The molecule has 2 atom stereocenters. The molecule has 1 aliphatic carbocycles. The summed E-state index contributed by atoms with van der Waals surface area (Å²) < 4.78 is 10.5. The van der Waals surface area contributed by atoms with Crippen molar-refractivity contribution in [3.8, 4) is 11.5 Å². The average Bonchev–Trinajstić information content (AvgIpc) is 2.64. The Morgan fingerprint density at radius 2 is 1.79 bits per heavy atom. The van der Waals surface area contributed by atoms with Gasteiger partial charge in [-0.25, -0.2) is 0 Å². The molecule has 4 nitrogen and oxygen atoms in total. The van der Waals surface area contributed by atoms with Gasteiger partial charge in [-0.15, -0.1) is 0 Å². The first kappa shape index (κ1) is 14.0. The molecule has 2 unspecified atom stereocenters. The van der Waals surface area contributed by atoms with E-state index in [0.717, 1.165) is 30.7 Å². The normalized spacial score (nSPS) is 23.5. The maximum Gasteiger partial charge on any atom is 0.162 e. The maximum absolute atomic E-state index is 10.1. The van der Waals surface area contributed by atoms with Gasteiger partial charge in [-0.3, -0.25) is 0 Å². The Labute approximate surface area is 114 Å². The predicted octanol–water partition coefficient (Wildman–Crippen LogP) is 2.81. The van der Waals surface area contributed by atoms with Gasteiger partial charge < -0.3 is 19.9 Å². The number of aliphatic hydroxyl groups is 1. The smallest absolute Gasteiger partial charge is 0.162 e. The van der Waals surface area contributed by atoms with Crippen molar-refractivity contribution in [3.05, 3.63) is 18.2 Å². The molecule has 19 heavy (non-hydrogen) atoms. The van der Waals surface area contributed by atoms with Gasteiger partial charge >= 0.3 is 0 Å². The molecule has 1 saturated carbocycles. The van der Waals surface area contributed by atoms with E-state index in [1.807, 2.05) is 18.2 Å². The van der Waals surface area contributed by atoms with E-state index in [1.54, 1.807) is 14.2 Å². The standard InChI is InChI=1S/C15H23NO3/c1-18-14-9-8-11(10-15(14)19-2)16-12-6-4-3-5-7-13(12)17/h8-10,12-13,16-17H,3-7H2,1-2H3. The fourth-order valence-electron chi connectivity index (χ4n) is 2.60. The molecule has 1 aliphatic rings. The number of anilines is 1. The number of nitrogens with one attached hydrogen (secondary N) is 1. The van der Waals surface area contributed by atoms with Crippen LogP contribution in [0.1, 0.15) is 32.1 Å². The third-order valence-corrected chi connectivity index (χ3v) is 3.72. The molecule has 0 amide bonds. The Morgan fingerprint density at radius 3 is 2.53 bits per heavy atom. The zero-order valence-corrected chi connectivity index (χ0v) is 11.7.